The van der Waals surface area contributed by atoms with Crippen molar-refractivity contribution in [1.29, 1.82) is 0 Å². The van der Waals surface area contributed by atoms with E-state index in [1.165, 1.54) is 36.1 Å². The number of piperidine rings is 1. The number of halogens is 3. The van der Waals surface area contributed by atoms with E-state index in [1.807, 2.05) is 11.8 Å². The van der Waals surface area contributed by atoms with Crippen LogP contribution in [-0.4, -0.2) is 51.5 Å². The van der Waals surface area contributed by atoms with Crippen molar-refractivity contribution in [2.24, 2.45) is 17.3 Å². The maximum atomic E-state index is 15.1. The summed E-state index contributed by atoms with van der Waals surface area (Å²) in [6.07, 6.45) is 6.90. The highest BCUT2D eigenvalue weighted by Crippen LogP contribution is 2.72. The molecular weight excluding hydrogens is 533 g/mol. The number of amides is 1. The molecule has 3 saturated carbocycles. The van der Waals surface area contributed by atoms with Crippen LogP contribution in [0.25, 0.3) is 16.7 Å². The predicted molar refractivity (Wildman–Crippen MR) is 148 cm³/mol. The van der Waals surface area contributed by atoms with Gasteiger partial charge in [0.1, 0.15) is 28.7 Å². The molecule has 3 aromatic rings. The van der Waals surface area contributed by atoms with Gasteiger partial charge in [-0.1, -0.05) is 0 Å². The maximum absolute atomic E-state index is 15.1. The number of anilines is 1. The van der Waals surface area contributed by atoms with Crippen molar-refractivity contribution in [3.8, 4) is 5.69 Å². The molecule has 1 aromatic carbocycles. The van der Waals surface area contributed by atoms with Gasteiger partial charge in [0.25, 0.3) is 5.91 Å². The Morgan fingerprint density at radius 3 is 2.63 bits per heavy atom. The minimum absolute atomic E-state index is 0.0570. The van der Waals surface area contributed by atoms with E-state index in [9.17, 15) is 23.5 Å². The zero-order chi connectivity index (χ0) is 28.7. The third-order valence-corrected chi connectivity index (χ3v) is 10.1. The second kappa shape index (κ2) is 9.05. The first-order valence-electron chi connectivity index (χ1n) is 14.4. The Bertz CT molecular complexity index is 1630. The largest absolute Gasteiger partial charge is 0.393 e. The van der Waals surface area contributed by atoms with Gasteiger partial charge in [0.2, 0.25) is 5.43 Å². The molecule has 1 saturated heterocycles. The summed E-state index contributed by atoms with van der Waals surface area (Å²) >= 11 is 0. The van der Waals surface area contributed by atoms with Crippen LogP contribution in [0.5, 0.6) is 0 Å². The summed E-state index contributed by atoms with van der Waals surface area (Å²) in [4.78, 5) is 33.9. The molecule has 1 amide bonds. The summed E-state index contributed by atoms with van der Waals surface area (Å²) in [5.41, 5.74) is -2.38. The summed E-state index contributed by atoms with van der Waals surface area (Å²) in [5.74, 6) is -0.371. The Balaban J connectivity index is 1.29. The molecule has 2 aromatic heterocycles. The summed E-state index contributed by atoms with van der Waals surface area (Å²) in [6.45, 7) is 2.09. The summed E-state index contributed by atoms with van der Waals surface area (Å²) in [6, 6.07) is 6.28. The zero-order valence-electron chi connectivity index (χ0n) is 22.9. The Morgan fingerprint density at radius 2 is 1.93 bits per heavy atom. The fourth-order valence-electron chi connectivity index (χ4n) is 8.13. The molecular formula is C31H33F3N4O3. The van der Waals surface area contributed by atoms with E-state index < -0.39 is 40.8 Å². The van der Waals surface area contributed by atoms with Crippen molar-refractivity contribution in [3.05, 3.63) is 63.9 Å². The van der Waals surface area contributed by atoms with Gasteiger partial charge in [-0.25, -0.2) is 18.2 Å². The molecule has 4 atom stereocenters. The van der Waals surface area contributed by atoms with E-state index in [0.29, 0.717) is 30.2 Å². The number of nitrogens with zero attached hydrogens (tertiary/aromatic N) is 3. The van der Waals surface area contributed by atoms with Crippen molar-refractivity contribution < 1.29 is 23.1 Å². The van der Waals surface area contributed by atoms with Crippen LogP contribution in [0.4, 0.5) is 19.0 Å². The fourth-order valence-corrected chi connectivity index (χ4v) is 8.13. The van der Waals surface area contributed by atoms with Gasteiger partial charge in [-0.15, -0.1) is 0 Å². The van der Waals surface area contributed by atoms with Crippen LogP contribution in [-0.2, 0) is 0 Å². The Labute approximate surface area is 235 Å². The SMILES string of the molecule is CC1(NC(=O)c2cn(-c3ccc(F)cc3F)c3nc(N4CCC(F)(CO)CC4)ccc3c2=O)CC2CC3CC3(C2)C1. The number of nitrogens with one attached hydrogen (secondary N) is 1. The highest BCUT2D eigenvalue weighted by Gasteiger charge is 2.65. The minimum atomic E-state index is -1.65. The quantitative estimate of drug-likeness (QED) is 0.469. The van der Waals surface area contributed by atoms with E-state index in [2.05, 4.69) is 10.3 Å². The average Bonchev–Trinajstić information content (AvgIpc) is 3.48. The van der Waals surface area contributed by atoms with Gasteiger partial charge in [0.05, 0.1) is 17.7 Å². The normalized spacial score (nSPS) is 29.8. The Hall–Kier alpha value is -3.40. The average molecular weight is 567 g/mol. The van der Waals surface area contributed by atoms with Crippen LogP contribution < -0.4 is 15.6 Å². The molecule has 4 fully saturated rings. The van der Waals surface area contributed by atoms with Gasteiger partial charge < -0.3 is 15.3 Å². The Morgan fingerprint density at radius 1 is 1.15 bits per heavy atom. The second-order valence-electron chi connectivity index (χ2n) is 13.1. The number of rotatable bonds is 5. The molecule has 1 spiro atoms. The van der Waals surface area contributed by atoms with Crippen LogP contribution in [0.15, 0.2) is 41.3 Å². The van der Waals surface area contributed by atoms with Gasteiger partial charge >= 0.3 is 0 Å². The van der Waals surface area contributed by atoms with E-state index in [1.54, 1.807) is 12.1 Å². The Kier molecular flexibility index (Phi) is 5.85. The molecule has 3 heterocycles. The zero-order valence-corrected chi connectivity index (χ0v) is 22.9. The van der Waals surface area contributed by atoms with Crippen molar-refractivity contribution in [3.63, 3.8) is 0 Å². The predicted octanol–water partition coefficient (Wildman–Crippen LogP) is 4.66. The lowest BCUT2D eigenvalue weighted by molar-refractivity contribution is 0.0480. The van der Waals surface area contributed by atoms with E-state index in [-0.39, 0.29) is 35.1 Å². The van der Waals surface area contributed by atoms with Crippen molar-refractivity contribution in [2.45, 2.75) is 63.1 Å². The standard InChI is InChI=1S/C31H33F3N4O3/c1-29(12-18-10-19-14-30(19,13-18)16-29)36-28(41)22-15-38(24-4-2-20(32)11-23(24)33)27-21(26(22)40)3-5-25(35-27)37-8-6-31(34,17-39)7-9-37/h2-5,11,15,18-19,39H,6-10,12-14,16-17H2,1H3,(H,36,41). The molecule has 7 rings (SSSR count). The highest BCUT2D eigenvalue weighted by molar-refractivity contribution is 5.97. The molecule has 216 valence electrons. The number of hydrogen-bond donors (Lipinski definition) is 2. The van der Waals surface area contributed by atoms with Gasteiger partial charge in [-0.2, -0.15) is 0 Å². The first-order chi connectivity index (χ1) is 19.5. The lowest BCUT2D eigenvalue weighted by Gasteiger charge is -2.40. The van der Waals surface area contributed by atoms with Crippen LogP contribution in [0, 0.1) is 28.9 Å². The molecule has 2 N–H and O–H groups in total. The second-order valence-corrected chi connectivity index (χ2v) is 13.1. The third-order valence-electron chi connectivity index (χ3n) is 10.1. The third kappa shape index (κ3) is 4.42. The van der Waals surface area contributed by atoms with Gasteiger partial charge in [0, 0.05) is 43.7 Å². The monoisotopic (exact) mass is 566 g/mol. The molecule has 7 nitrogen and oxygen atoms in total. The van der Waals surface area contributed by atoms with Crippen molar-refractivity contribution in [1.82, 2.24) is 14.9 Å². The summed E-state index contributed by atoms with van der Waals surface area (Å²) in [7, 11) is 0. The molecule has 4 unspecified atom stereocenters. The molecule has 2 bridgehead atoms. The van der Waals surface area contributed by atoms with Crippen LogP contribution in [0.1, 0.15) is 62.2 Å². The maximum Gasteiger partial charge on any atom is 0.257 e. The number of fused-ring (bicyclic) bond motifs is 2. The van der Waals surface area contributed by atoms with Gasteiger partial charge in [-0.3, -0.25) is 14.2 Å². The number of aliphatic hydroxyl groups is 1. The smallest absolute Gasteiger partial charge is 0.257 e. The summed E-state index contributed by atoms with van der Waals surface area (Å²) in [5, 5.41) is 12.7. The number of benzene rings is 1. The number of aromatic nitrogens is 2. The fraction of sp³-hybridized carbons (Fsp3) is 0.516. The topological polar surface area (TPSA) is 87.5 Å². The highest BCUT2D eigenvalue weighted by atomic mass is 19.1. The number of aliphatic hydroxyl groups excluding tert-OH is 1. The van der Waals surface area contributed by atoms with Gasteiger partial charge in [0.15, 0.2) is 5.65 Å². The lowest BCUT2D eigenvalue weighted by Crippen LogP contribution is -2.51. The van der Waals surface area contributed by atoms with Crippen LogP contribution in [0.2, 0.25) is 0 Å². The molecule has 0 radical (unpaired) electrons. The van der Waals surface area contributed by atoms with E-state index in [0.717, 1.165) is 30.9 Å². The molecule has 1 aliphatic heterocycles. The van der Waals surface area contributed by atoms with Gasteiger partial charge in [-0.05, 0) is 80.5 Å². The number of alkyl halides is 1. The van der Waals surface area contributed by atoms with Crippen LogP contribution in [0.3, 0.4) is 0 Å². The molecule has 4 aliphatic rings. The van der Waals surface area contributed by atoms with E-state index >= 15 is 4.39 Å². The summed E-state index contributed by atoms with van der Waals surface area (Å²) < 4.78 is 44.8. The number of pyridine rings is 2. The molecule has 41 heavy (non-hydrogen) atoms. The number of carbonyl (C=O) groups excluding carboxylic acids is 1. The first kappa shape index (κ1) is 26.5. The molecule has 10 heteroatoms. The minimum Gasteiger partial charge on any atom is -0.393 e. The molecule has 3 aliphatic carbocycles. The van der Waals surface area contributed by atoms with Crippen molar-refractivity contribution in [2.75, 3.05) is 24.6 Å². The van der Waals surface area contributed by atoms with E-state index in [4.69, 9.17) is 0 Å². The number of hydrogen-bond acceptors (Lipinski definition) is 5. The first-order valence-corrected chi connectivity index (χ1v) is 14.4. The van der Waals surface area contributed by atoms with Crippen LogP contribution >= 0.6 is 0 Å². The lowest BCUT2D eigenvalue weighted by atomic mass is 9.72. The van der Waals surface area contributed by atoms with Crippen molar-refractivity contribution >= 4 is 22.8 Å². The number of carbonyl (C=O) groups is 1.